The lowest BCUT2D eigenvalue weighted by atomic mass is 9.90. The third-order valence-electron chi connectivity index (χ3n) is 9.44. The average Bonchev–Trinajstić information content (AvgIpc) is 3.59. The summed E-state index contributed by atoms with van der Waals surface area (Å²) in [6.07, 6.45) is 3.17. The molecule has 0 bridgehead atoms. The Morgan fingerprint density at radius 3 is 2.50 bits per heavy atom. The van der Waals surface area contributed by atoms with Crippen molar-refractivity contribution in [1.82, 2.24) is 30.0 Å². The van der Waals surface area contributed by atoms with E-state index < -0.39 is 17.7 Å². The Bertz CT molecular complexity index is 1970. The zero-order valence-electron chi connectivity index (χ0n) is 28.5. The van der Waals surface area contributed by atoms with Crippen molar-refractivity contribution >= 4 is 50.2 Å². The summed E-state index contributed by atoms with van der Waals surface area (Å²) in [5.41, 5.74) is 6.73. The summed E-state index contributed by atoms with van der Waals surface area (Å²) in [5, 5.41) is 11.0. The van der Waals surface area contributed by atoms with E-state index in [2.05, 4.69) is 22.3 Å². The quantitative estimate of drug-likeness (QED) is 0.168. The van der Waals surface area contributed by atoms with E-state index in [-0.39, 0.29) is 6.61 Å². The van der Waals surface area contributed by atoms with Crippen LogP contribution in [0.2, 0.25) is 5.02 Å². The normalized spacial score (nSPS) is 17.2. The number of fused-ring (bicyclic) bond motifs is 2. The van der Waals surface area contributed by atoms with E-state index in [0.717, 1.165) is 98.8 Å². The number of piperidine rings is 1. The molecule has 0 unspecified atom stereocenters. The smallest absolute Gasteiger partial charge is 0.339 e. The molecule has 7 rings (SSSR count). The summed E-state index contributed by atoms with van der Waals surface area (Å²) in [4.78, 5) is 26.2. The van der Waals surface area contributed by atoms with E-state index in [4.69, 9.17) is 36.1 Å². The van der Waals surface area contributed by atoms with Crippen LogP contribution in [0, 0.1) is 6.92 Å². The molecule has 11 heteroatoms. The second-order valence-electron chi connectivity index (χ2n) is 13.9. The highest BCUT2D eigenvalue weighted by Gasteiger charge is 2.34. The number of ether oxygens (including phenoxy) is 2. The summed E-state index contributed by atoms with van der Waals surface area (Å²) in [7, 11) is 1.98. The van der Waals surface area contributed by atoms with Gasteiger partial charge in [0.25, 0.3) is 0 Å². The number of rotatable bonds is 8. The van der Waals surface area contributed by atoms with Crippen LogP contribution in [-0.2, 0) is 21.3 Å². The number of esters is 1. The number of carbonyl (C=O) groups is 1. The largest absolute Gasteiger partial charge is 0.464 e. The lowest BCUT2D eigenvalue weighted by Gasteiger charge is -2.42. The van der Waals surface area contributed by atoms with E-state index in [9.17, 15) is 4.79 Å². The molecular formula is C37H43ClN6O3S. The lowest BCUT2D eigenvalue weighted by molar-refractivity contribution is -0.166. The number of aromatic nitrogens is 4. The van der Waals surface area contributed by atoms with E-state index in [1.54, 1.807) is 11.3 Å². The maximum atomic E-state index is 13.5. The number of pyridine rings is 1. The molecule has 1 atom stereocenters. The van der Waals surface area contributed by atoms with Gasteiger partial charge < -0.3 is 14.8 Å². The summed E-state index contributed by atoms with van der Waals surface area (Å²) in [6.45, 7) is 14.3. The number of likely N-dealkylation sites (tertiary alicyclic amines) is 1. The van der Waals surface area contributed by atoms with Crippen molar-refractivity contribution in [2.45, 2.75) is 71.1 Å². The van der Waals surface area contributed by atoms with Crippen molar-refractivity contribution in [3.63, 3.8) is 0 Å². The van der Waals surface area contributed by atoms with E-state index in [1.165, 1.54) is 0 Å². The molecule has 0 amide bonds. The molecule has 5 aromatic rings. The Morgan fingerprint density at radius 1 is 1.12 bits per heavy atom. The number of benzene rings is 2. The Morgan fingerprint density at radius 2 is 1.85 bits per heavy atom. The number of nitrogens with one attached hydrogen (secondary N) is 1. The molecule has 2 aromatic carbocycles. The van der Waals surface area contributed by atoms with Gasteiger partial charge in [0.1, 0.15) is 5.01 Å². The maximum Gasteiger partial charge on any atom is 0.339 e. The van der Waals surface area contributed by atoms with Gasteiger partial charge in [-0.25, -0.2) is 14.8 Å². The Hall–Kier alpha value is -3.41. The first-order valence-corrected chi connectivity index (χ1v) is 18.0. The van der Waals surface area contributed by atoms with Crippen LogP contribution >= 0.6 is 22.9 Å². The number of halogens is 1. The van der Waals surface area contributed by atoms with Gasteiger partial charge in [0, 0.05) is 65.4 Å². The first-order chi connectivity index (χ1) is 23.0. The third-order valence-corrected chi connectivity index (χ3v) is 10.8. The molecule has 48 heavy (non-hydrogen) atoms. The van der Waals surface area contributed by atoms with Gasteiger partial charge >= 0.3 is 5.97 Å². The summed E-state index contributed by atoms with van der Waals surface area (Å²) in [5.74, 6) is -0.0153. The van der Waals surface area contributed by atoms with E-state index in [1.807, 2.05) is 76.8 Å². The van der Waals surface area contributed by atoms with Gasteiger partial charge in [-0.05, 0) is 95.9 Å². The molecule has 0 radical (unpaired) electrons. The van der Waals surface area contributed by atoms with Crippen LogP contribution in [0.25, 0.3) is 42.9 Å². The van der Waals surface area contributed by atoms with Crippen LogP contribution in [0.15, 0.2) is 42.6 Å². The van der Waals surface area contributed by atoms with Crippen molar-refractivity contribution in [2.24, 2.45) is 7.05 Å². The van der Waals surface area contributed by atoms with Crippen LogP contribution in [0.1, 0.15) is 69.4 Å². The van der Waals surface area contributed by atoms with E-state index in [0.29, 0.717) is 17.0 Å². The topological polar surface area (TPSA) is 94.4 Å². The van der Waals surface area contributed by atoms with Crippen LogP contribution < -0.4 is 5.32 Å². The zero-order valence-corrected chi connectivity index (χ0v) is 30.0. The van der Waals surface area contributed by atoms with Gasteiger partial charge in [0.15, 0.2) is 11.8 Å². The number of aryl methyl sites for hydroxylation is 2. The van der Waals surface area contributed by atoms with Crippen molar-refractivity contribution in [1.29, 1.82) is 0 Å². The minimum Gasteiger partial charge on any atom is -0.464 e. The Balaban J connectivity index is 1.33. The van der Waals surface area contributed by atoms with Gasteiger partial charge in [-0.15, -0.1) is 11.3 Å². The molecule has 3 aromatic heterocycles. The third kappa shape index (κ3) is 6.36. The second kappa shape index (κ2) is 13.1. The van der Waals surface area contributed by atoms with Gasteiger partial charge in [-0.1, -0.05) is 23.7 Å². The molecule has 2 aliphatic rings. The zero-order chi connectivity index (χ0) is 33.7. The Labute approximate surface area is 290 Å². The van der Waals surface area contributed by atoms with Crippen molar-refractivity contribution in [3.05, 3.63) is 64.4 Å². The number of thiazole rings is 1. The minimum absolute atomic E-state index is 0.258. The van der Waals surface area contributed by atoms with Gasteiger partial charge in [-0.2, -0.15) is 5.10 Å². The van der Waals surface area contributed by atoms with Crippen molar-refractivity contribution in [3.8, 4) is 21.7 Å². The molecule has 2 saturated heterocycles. The lowest BCUT2D eigenvalue weighted by Crippen LogP contribution is -2.58. The van der Waals surface area contributed by atoms with Crippen LogP contribution in [-0.4, -0.2) is 75.0 Å². The molecule has 2 aliphatic heterocycles. The van der Waals surface area contributed by atoms with Crippen molar-refractivity contribution < 1.29 is 14.3 Å². The average molecular weight is 687 g/mol. The van der Waals surface area contributed by atoms with Crippen LogP contribution in [0.4, 0.5) is 0 Å². The standard InChI is InChI=1S/C37H43ClN6O3S/c1-7-46-36(45)32(47-37(3,4)5)29-21(2)16-28-33(30(29)22-8-10-25(38)11-9-22)48-35(41-28)24-17-27-31(42-43(6)34(27)40-18-24)23-12-14-44(15-13-23)26-19-39-20-26/h8-11,16-18,23,26,32,39H,7,12-15,19-20H2,1-6H3/t32-/m0/s1. The molecule has 0 saturated carbocycles. The fraction of sp³-hybridized carbons (Fsp3) is 0.459. The molecule has 1 N–H and O–H groups in total. The molecule has 252 valence electrons. The predicted molar refractivity (Wildman–Crippen MR) is 193 cm³/mol. The number of hydrogen-bond donors (Lipinski definition) is 1. The molecular weight excluding hydrogens is 644 g/mol. The molecule has 0 spiro atoms. The summed E-state index contributed by atoms with van der Waals surface area (Å²) < 4.78 is 14.9. The van der Waals surface area contributed by atoms with Crippen molar-refractivity contribution in [2.75, 3.05) is 32.8 Å². The van der Waals surface area contributed by atoms with Gasteiger partial charge in [0.2, 0.25) is 0 Å². The highest BCUT2D eigenvalue weighted by Crippen LogP contribution is 2.45. The second-order valence-corrected chi connectivity index (χ2v) is 15.4. The monoisotopic (exact) mass is 686 g/mol. The van der Waals surface area contributed by atoms with E-state index >= 15 is 0 Å². The SMILES string of the molecule is CCOC(=O)[C@@H](OC(C)(C)C)c1c(C)cc2nc(-c3cnc4c(c3)c(C3CCN(C5CNC5)CC3)nn4C)sc2c1-c1ccc(Cl)cc1. The number of carbonyl (C=O) groups excluding carboxylic acids is 1. The van der Waals surface area contributed by atoms with Crippen LogP contribution in [0.5, 0.6) is 0 Å². The van der Waals surface area contributed by atoms with Gasteiger partial charge in [-0.3, -0.25) is 9.58 Å². The first kappa shape index (κ1) is 33.1. The fourth-order valence-corrected chi connectivity index (χ4v) is 8.26. The summed E-state index contributed by atoms with van der Waals surface area (Å²) >= 11 is 7.93. The first-order valence-electron chi connectivity index (χ1n) is 16.8. The molecule has 2 fully saturated rings. The number of hydrogen-bond acceptors (Lipinski definition) is 9. The molecule has 9 nitrogen and oxygen atoms in total. The Kier molecular flexibility index (Phi) is 9.06. The maximum absolute atomic E-state index is 13.5. The summed E-state index contributed by atoms with van der Waals surface area (Å²) in [6, 6.07) is 12.7. The fourth-order valence-electron chi connectivity index (χ4n) is 7.03. The predicted octanol–water partition coefficient (Wildman–Crippen LogP) is 7.44. The number of nitrogens with zero attached hydrogens (tertiary/aromatic N) is 5. The highest BCUT2D eigenvalue weighted by atomic mass is 35.5. The van der Waals surface area contributed by atoms with Gasteiger partial charge in [0.05, 0.1) is 28.1 Å². The molecule has 5 heterocycles. The highest BCUT2D eigenvalue weighted by molar-refractivity contribution is 7.22. The minimum atomic E-state index is -0.923. The molecule has 0 aliphatic carbocycles. The van der Waals surface area contributed by atoms with Crippen LogP contribution in [0.3, 0.4) is 0 Å².